The van der Waals surface area contributed by atoms with Crippen molar-refractivity contribution in [1.29, 1.82) is 0 Å². The summed E-state index contributed by atoms with van der Waals surface area (Å²) < 4.78 is 2.03. The van der Waals surface area contributed by atoms with Crippen LogP contribution in [-0.2, 0) is 6.42 Å². The Morgan fingerprint density at radius 3 is 3.09 bits per heavy atom. The van der Waals surface area contributed by atoms with Gasteiger partial charge in [0.05, 0.1) is 6.20 Å². The first-order valence-electron chi connectivity index (χ1n) is 3.88. The molecule has 0 fully saturated rings. The van der Waals surface area contributed by atoms with Crippen molar-refractivity contribution in [2.45, 2.75) is 13.3 Å². The van der Waals surface area contributed by atoms with Crippen molar-refractivity contribution in [3.8, 4) is 0 Å². The fourth-order valence-corrected chi connectivity index (χ4v) is 1.22. The molecule has 0 saturated heterocycles. The third-order valence-corrected chi connectivity index (χ3v) is 1.86. The second-order valence-electron chi connectivity index (χ2n) is 2.63. The predicted octanol–water partition coefficient (Wildman–Crippen LogP) is 2.30. The molecule has 2 aromatic heterocycles. The molecule has 0 unspecified atom stereocenters. The van der Waals surface area contributed by atoms with Crippen LogP contribution in [0.4, 0.5) is 0 Å². The third kappa shape index (κ3) is 1.03. The summed E-state index contributed by atoms with van der Waals surface area (Å²) >= 11 is 0. The van der Waals surface area contributed by atoms with Gasteiger partial charge >= 0.3 is 0 Å². The summed E-state index contributed by atoms with van der Waals surface area (Å²) in [6.45, 7) is 2.14. The molecule has 1 radical (unpaired) electrons. The van der Waals surface area contributed by atoms with Crippen LogP contribution in [0, 0.1) is 6.20 Å². The number of hydrogen-bond donors (Lipinski definition) is 0. The molecule has 0 N–H and O–H groups in total. The zero-order valence-electron chi connectivity index (χ0n) is 6.54. The number of nitrogens with zero attached hydrogens (tertiary/aromatic N) is 1. The maximum atomic E-state index is 3.26. The Hall–Kier alpha value is -1.24. The molecule has 0 bridgehead atoms. The van der Waals surface area contributed by atoms with Gasteiger partial charge in [-0.1, -0.05) is 13.0 Å². The minimum Gasteiger partial charge on any atom is -0.315 e. The monoisotopic (exact) mass is 144 g/mol. The number of hydrogen-bond acceptors (Lipinski definition) is 0. The Kier molecular flexibility index (Phi) is 1.42. The summed E-state index contributed by atoms with van der Waals surface area (Å²) in [5.41, 5.74) is 2.50. The normalized spacial score (nSPS) is 10.6. The lowest BCUT2D eigenvalue weighted by atomic mass is 10.2. The highest BCUT2D eigenvalue weighted by molar-refractivity contribution is 5.49. The topological polar surface area (TPSA) is 4.41 Å². The van der Waals surface area contributed by atoms with Gasteiger partial charge < -0.3 is 4.40 Å². The van der Waals surface area contributed by atoms with Crippen molar-refractivity contribution in [2.75, 3.05) is 0 Å². The molecule has 1 nitrogen and oxygen atoms in total. The van der Waals surface area contributed by atoms with E-state index in [2.05, 4.69) is 25.3 Å². The number of aryl methyl sites for hydroxylation is 1. The molecular formula is C10H10N. The highest BCUT2D eigenvalue weighted by Gasteiger charge is 1.94. The average Bonchev–Trinajstić information content (AvgIpc) is 2.46. The van der Waals surface area contributed by atoms with E-state index in [0.717, 1.165) is 6.42 Å². The molecule has 0 saturated carbocycles. The van der Waals surface area contributed by atoms with Crippen LogP contribution >= 0.6 is 0 Å². The molecule has 0 aliphatic carbocycles. The van der Waals surface area contributed by atoms with Gasteiger partial charge in [-0.3, -0.25) is 0 Å². The van der Waals surface area contributed by atoms with Crippen molar-refractivity contribution in [1.82, 2.24) is 4.40 Å². The highest BCUT2D eigenvalue weighted by Crippen LogP contribution is 2.08. The molecule has 0 spiro atoms. The highest BCUT2D eigenvalue weighted by atomic mass is 14.8. The SMILES string of the molecule is CCc1[c]n2ccccc2c1. The molecule has 55 valence electrons. The summed E-state index contributed by atoms with van der Waals surface area (Å²) in [4.78, 5) is 0. The molecule has 2 aromatic rings. The Morgan fingerprint density at radius 2 is 2.36 bits per heavy atom. The second kappa shape index (κ2) is 2.42. The molecule has 11 heavy (non-hydrogen) atoms. The number of aromatic nitrogens is 1. The fourth-order valence-electron chi connectivity index (χ4n) is 1.22. The van der Waals surface area contributed by atoms with E-state index in [0.29, 0.717) is 0 Å². The van der Waals surface area contributed by atoms with Crippen LogP contribution in [0.5, 0.6) is 0 Å². The van der Waals surface area contributed by atoms with Crippen molar-refractivity contribution in [3.05, 3.63) is 42.2 Å². The van der Waals surface area contributed by atoms with Gasteiger partial charge in [0.15, 0.2) is 0 Å². The lowest BCUT2D eigenvalue weighted by Crippen LogP contribution is -1.77. The van der Waals surface area contributed by atoms with E-state index in [-0.39, 0.29) is 0 Å². The molecule has 0 amide bonds. The molecule has 2 rings (SSSR count). The number of fused-ring (bicyclic) bond motifs is 1. The molecule has 0 aliphatic rings. The zero-order chi connectivity index (χ0) is 7.68. The second-order valence-corrected chi connectivity index (χ2v) is 2.63. The van der Waals surface area contributed by atoms with Crippen molar-refractivity contribution in [3.63, 3.8) is 0 Å². The molecule has 0 atom stereocenters. The standard InChI is InChI=1S/C10H10N/c1-2-9-7-10-5-3-4-6-11(10)8-9/h3-7H,2H2,1H3. The third-order valence-electron chi connectivity index (χ3n) is 1.86. The predicted molar refractivity (Wildman–Crippen MR) is 45.6 cm³/mol. The van der Waals surface area contributed by atoms with Crippen LogP contribution in [0.3, 0.4) is 0 Å². The van der Waals surface area contributed by atoms with Crippen LogP contribution in [0.1, 0.15) is 12.5 Å². The van der Waals surface area contributed by atoms with Gasteiger partial charge in [0.25, 0.3) is 0 Å². The summed E-state index contributed by atoms with van der Waals surface area (Å²) in [6, 6.07) is 8.32. The number of pyridine rings is 1. The van der Waals surface area contributed by atoms with E-state index in [9.17, 15) is 0 Å². The van der Waals surface area contributed by atoms with E-state index in [1.54, 1.807) is 0 Å². The Balaban J connectivity index is 2.69. The molecule has 0 aromatic carbocycles. The smallest absolute Gasteiger partial charge is 0.0732 e. The summed E-state index contributed by atoms with van der Waals surface area (Å²) in [5.74, 6) is 0. The minimum atomic E-state index is 1.06. The molecule has 1 heteroatoms. The fraction of sp³-hybridized carbons (Fsp3) is 0.200. The van der Waals surface area contributed by atoms with Gasteiger partial charge in [0.1, 0.15) is 0 Å². The van der Waals surface area contributed by atoms with Gasteiger partial charge in [-0.15, -0.1) is 0 Å². The van der Waals surface area contributed by atoms with E-state index < -0.39 is 0 Å². The largest absolute Gasteiger partial charge is 0.315 e. The maximum absolute atomic E-state index is 3.26. The van der Waals surface area contributed by atoms with Gasteiger partial charge in [-0.05, 0) is 30.2 Å². The van der Waals surface area contributed by atoms with Crippen molar-refractivity contribution >= 4 is 5.52 Å². The van der Waals surface area contributed by atoms with E-state index >= 15 is 0 Å². The Labute approximate surface area is 66.3 Å². The van der Waals surface area contributed by atoms with Gasteiger partial charge in [-0.25, -0.2) is 0 Å². The van der Waals surface area contributed by atoms with E-state index in [1.165, 1.54) is 11.1 Å². The first-order valence-corrected chi connectivity index (χ1v) is 3.88. The van der Waals surface area contributed by atoms with Crippen LogP contribution in [0.25, 0.3) is 5.52 Å². The van der Waals surface area contributed by atoms with Crippen LogP contribution < -0.4 is 0 Å². The lowest BCUT2D eigenvalue weighted by molar-refractivity contribution is 1.10. The van der Waals surface area contributed by atoms with E-state index in [4.69, 9.17) is 0 Å². The summed E-state index contributed by atoms with van der Waals surface area (Å²) in [6.07, 6.45) is 6.34. The molecule has 2 heterocycles. The van der Waals surface area contributed by atoms with Crippen LogP contribution in [0.15, 0.2) is 30.5 Å². The van der Waals surface area contributed by atoms with Gasteiger partial charge in [0.2, 0.25) is 0 Å². The Bertz CT molecular complexity index is 327. The Morgan fingerprint density at radius 1 is 1.45 bits per heavy atom. The van der Waals surface area contributed by atoms with Crippen LogP contribution in [-0.4, -0.2) is 4.40 Å². The zero-order valence-corrected chi connectivity index (χ0v) is 6.54. The maximum Gasteiger partial charge on any atom is 0.0732 e. The van der Waals surface area contributed by atoms with Gasteiger partial charge in [-0.2, -0.15) is 0 Å². The number of rotatable bonds is 1. The molecule has 0 aliphatic heterocycles. The average molecular weight is 144 g/mol. The van der Waals surface area contributed by atoms with Gasteiger partial charge in [0, 0.05) is 11.7 Å². The quantitative estimate of drug-likeness (QED) is 0.578. The first kappa shape index (κ1) is 6.47. The van der Waals surface area contributed by atoms with E-state index in [1.807, 2.05) is 22.7 Å². The summed E-state index contributed by atoms with van der Waals surface area (Å²) in [7, 11) is 0. The van der Waals surface area contributed by atoms with Crippen LogP contribution in [0.2, 0.25) is 0 Å². The lowest BCUT2D eigenvalue weighted by Gasteiger charge is -1.88. The first-order chi connectivity index (χ1) is 5.40. The minimum absolute atomic E-state index is 1.06. The summed E-state index contributed by atoms with van der Waals surface area (Å²) in [5, 5.41) is 0. The van der Waals surface area contributed by atoms with Crippen molar-refractivity contribution < 1.29 is 0 Å². The molecular weight excluding hydrogens is 134 g/mol. The van der Waals surface area contributed by atoms with Crippen molar-refractivity contribution in [2.24, 2.45) is 0 Å².